The van der Waals surface area contributed by atoms with Gasteiger partial charge in [-0.2, -0.15) is 0 Å². The Hall–Kier alpha value is -2.01. The van der Waals surface area contributed by atoms with Gasteiger partial charge in [0.15, 0.2) is 0 Å². The summed E-state index contributed by atoms with van der Waals surface area (Å²) in [5, 5.41) is 0. The number of aromatic nitrogens is 3. The molecule has 0 radical (unpaired) electrons. The Morgan fingerprint density at radius 3 is 2.46 bits per heavy atom. The highest BCUT2D eigenvalue weighted by Gasteiger charge is 2.36. The van der Waals surface area contributed by atoms with Crippen LogP contribution in [0.3, 0.4) is 0 Å². The molecule has 24 heavy (non-hydrogen) atoms. The van der Waals surface area contributed by atoms with Gasteiger partial charge in [-0.05, 0) is 43.9 Å². The van der Waals surface area contributed by atoms with Crippen LogP contribution < -0.4 is 4.90 Å². The largest absolute Gasteiger partial charge is 0.350 e. The van der Waals surface area contributed by atoms with Crippen LogP contribution in [0.5, 0.6) is 0 Å². The molecule has 0 amide bonds. The highest BCUT2D eigenvalue weighted by atomic mass is 15.3. The standard InChI is InChI=1S/C19H25N5/c1-2-10-21-16(3-1)7-12-23-13-8-18(9-14-23)24(17-4-5-17)19-6-11-20-15-22-19/h1-3,6,10-11,15,17-18H,4-5,7-9,12-14H2. The molecule has 5 heteroatoms. The minimum atomic E-state index is 0.624. The van der Waals surface area contributed by atoms with E-state index in [1.165, 1.54) is 44.5 Å². The van der Waals surface area contributed by atoms with Gasteiger partial charge in [-0.1, -0.05) is 6.07 Å². The lowest BCUT2D eigenvalue weighted by atomic mass is 10.0. The normalized spacial score (nSPS) is 19.3. The molecule has 0 bridgehead atoms. The van der Waals surface area contributed by atoms with Gasteiger partial charge in [0.25, 0.3) is 0 Å². The Labute approximate surface area is 143 Å². The maximum absolute atomic E-state index is 4.50. The van der Waals surface area contributed by atoms with E-state index in [0.29, 0.717) is 12.1 Å². The molecule has 0 aromatic carbocycles. The van der Waals surface area contributed by atoms with Gasteiger partial charge in [0.05, 0.1) is 0 Å². The first-order chi connectivity index (χ1) is 11.9. The monoisotopic (exact) mass is 323 g/mol. The first kappa shape index (κ1) is 15.5. The quantitative estimate of drug-likeness (QED) is 0.817. The van der Waals surface area contributed by atoms with E-state index >= 15 is 0 Å². The number of piperidine rings is 1. The molecule has 1 aliphatic heterocycles. The Bertz CT molecular complexity index is 621. The fourth-order valence-electron chi connectivity index (χ4n) is 3.70. The summed E-state index contributed by atoms with van der Waals surface area (Å²) in [6.45, 7) is 3.46. The van der Waals surface area contributed by atoms with Gasteiger partial charge in [0, 0.05) is 56.2 Å². The van der Waals surface area contributed by atoms with Gasteiger partial charge in [-0.25, -0.2) is 9.97 Å². The predicted octanol–water partition coefficient (Wildman–Crippen LogP) is 2.55. The number of pyridine rings is 1. The van der Waals surface area contributed by atoms with Crippen LogP contribution in [0.2, 0.25) is 0 Å². The van der Waals surface area contributed by atoms with Crippen LogP contribution in [0, 0.1) is 0 Å². The molecule has 2 aliphatic rings. The molecule has 0 N–H and O–H groups in total. The fourth-order valence-corrected chi connectivity index (χ4v) is 3.70. The summed E-state index contributed by atoms with van der Waals surface area (Å²) in [6, 6.07) is 9.56. The van der Waals surface area contributed by atoms with Crippen molar-refractivity contribution in [3.63, 3.8) is 0 Å². The average molecular weight is 323 g/mol. The van der Waals surface area contributed by atoms with Crippen LogP contribution in [0.25, 0.3) is 0 Å². The number of hydrogen-bond acceptors (Lipinski definition) is 5. The maximum Gasteiger partial charge on any atom is 0.132 e. The van der Waals surface area contributed by atoms with Crippen LogP contribution in [0.4, 0.5) is 5.82 Å². The van der Waals surface area contributed by atoms with E-state index in [2.05, 4.69) is 43.0 Å². The van der Waals surface area contributed by atoms with E-state index in [4.69, 9.17) is 0 Å². The van der Waals surface area contributed by atoms with Crippen molar-refractivity contribution in [2.24, 2.45) is 0 Å². The molecule has 0 atom stereocenters. The lowest BCUT2D eigenvalue weighted by molar-refractivity contribution is 0.209. The van der Waals surface area contributed by atoms with Crippen molar-refractivity contribution in [1.82, 2.24) is 19.9 Å². The molecular formula is C19H25N5. The first-order valence-corrected chi connectivity index (χ1v) is 9.07. The molecule has 0 unspecified atom stereocenters. The van der Waals surface area contributed by atoms with E-state index in [9.17, 15) is 0 Å². The summed E-state index contributed by atoms with van der Waals surface area (Å²) in [5.74, 6) is 1.11. The third kappa shape index (κ3) is 3.73. The number of nitrogens with zero attached hydrogens (tertiary/aromatic N) is 5. The second-order valence-corrected chi connectivity index (χ2v) is 6.85. The van der Waals surface area contributed by atoms with Crippen LogP contribution in [0.1, 0.15) is 31.4 Å². The first-order valence-electron chi connectivity index (χ1n) is 9.07. The van der Waals surface area contributed by atoms with Crippen molar-refractivity contribution in [2.75, 3.05) is 24.5 Å². The summed E-state index contributed by atoms with van der Waals surface area (Å²) in [5.41, 5.74) is 1.19. The molecule has 4 rings (SSSR count). The second-order valence-electron chi connectivity index (χ2n) is 6.85. The molecule has 5 nitrogen and oxygen atoms in total. The van der Waals surface area contributed by atoms with Gasteiger partial charge in [0.2, 0.25) is 0 Å². The van der Waals surface area contributed by atoms with Crippen molar-refractivity contribution >= 4 is 5.82 Å². The van der Waals surface area contributed by atoms with Gasteiger partial charge < -0.3 is 9.80 Å². The average Bonchev–Trinajstić information content (AvgIpc) is 3.48. The number of anilines is 1. The van der Waals surface area contributed by atoms with Gasteiger partial charge in [-0.3, -0.25) is 4.98 Å². The molecule has 1 saturated carbocycles. The SMILES string of the molecule is c1ccc(CCN2CCC(N(c3ccncn3)C3CC3)CC2)nc1. The van der Waals surface area contributed by atoms with Crippen LogP contribution in [-0.2, 0) is 6.42 Å². The molecular weight excluding hydrogens is 298 g/mol. The number of rotatable bonds is 6. The van der Waals surface area contributed by atoms with Gasteiger partial charge >= 0.3 is 0 Å². The number of hydrogen-bond donors (Lipinski definition) is 0. The van der Waals surface area contributed by atoms with Crippen molar-refractivity contribution in [3.8, 4) is 0 Å². The van der Waals surface area contributed by atoms with Crippen molar-refractivity contribution in [1.29, 1.82) is 0 Å². The van der Waals surface area contributed by atoms with Crippen molar-refractivity contribution in [3.05, 3.63) is 48.7 Å². The van der Waals surface area contributed by atoms with Gasteiger partial charge in [-0.15, -0.1) is 0 Å². The minimum absolute atomic E-state index is 0.624. The predicted molar refractivity (Wildman–Crippen MR) is 94.9 cm³/mol. The lowest BCUT2D eigenvalue weighted by Gasteiger charge is -2.39. The summed E-state index contributed by atoms with van der Waals surface area (Å²) >= 11 is 0. The smallest absolute Gasteiger partial charge is 0.132 e. The van der Waals surface area contributed by atoms with Crippen LogP contribution >= 0.6 is 0 Å². The fraction of sp³-hybridized carbons (Fsp3) is 0.526. The Balaban J connectivity index is 1.32. The minimum Gasteiger partial charge on any atom is -0.350 e. The highest BCUT2D eigenvalue weighted by molar-refractivity contribution is 5.41. The third-order valence-electron chi connectivity index (χ3n) is 5.13. The van der Waals surface area contributed by atoms with Gasteiger partial charge in [0.1, 0.15) is 12.1 Å². The Morgan fingerprint density at radius 2 is 1.79 bits per heavy atom. The molecule has 3 heterocycles. The number of likely N-dealkylation sites (tertiary alicyclic amines) is 1. The zero-order chi connectivity index (χ0) is 16.2. The van der Waals surface area contributed by atoms with E-state index in [1.807, 2.05) is 18.5 Å². The second kappa shape index (κ2) is 7.26. The summed E-state index contributed by atoms with van der Waals surface area (Å²) in [7, 11) is 0. The molecule has 1 aliphatic carbocycles. The van der Waals surface area contributed by atoms with Crippen LogP contribution in [0.15, 0.2) is 43.0 Å². The van der Waals surface area contributed by atoms with E-state index in [-0.39, 0.29) is 0 Å². The molecule has 2 aromatic heterocycles. The summed E-state index contributed by atoms with van der Waals surface area (Å²) < 4.78 is 0. The maximum atomic E-state index is 4.50. The van der Waals surface area contributed by atoms with E-state index in [1.54, 1.807) is 6.33 Å². The third-order valence-corrected chi connectivity index (χ3v) is 5.13. The molecule has 2 aromatic rings. The molecule has 1 saturated heterocycles. The Kier molecular flexibility index (Phi) is 4.69. The Morgan fingerprint density at radius 1 is 0.958 bits per heavy atom. The highest BCUT2D eigenvalue weighted by Crippen LogP contribution is 2.34. The molecule has 126 valence electrons. The van der Waals surface area contributed by atoms with E-state index in [0.717, 1.165) is 18.8 Å². The lowest BCUT2D eigenvalue weighted by Crippen LogP contribution is -2.46. The summed E-state index contributed by atoms with van der Waals surface area (Å²) in [6.07, 6.45) is 11.5. The molecule has 2 fully saturated rings. The zero-order valence-corrected chi connectivity index (χ0v) is 14.1. The van der Waals surface area contributed by atoms with E-state index < -0.39 is 0 Å². The topological polar surface area (TPSA) is 45.2 Å². The van der Waals surface area contributed by atoms with Crippen molar-refractivity contribution in [2.45, 2.75) is 44.2 Å². The molecule has 0 spiro atoms. The summed E-state index contributed by atoms with van der Waals surface area (Å²) in [4.78, 5) is 18.1. The van der Waals surface area contributed by atoms with Crippen molar-refractivity contribution < 1.29 is 0 Å². The zero-order valence-electron chi connectivity index (χ0n) is 14.1. The van der Waals surface area contributed by atoms with Crippen LogP contribution in [-0.4, -0.2) is 51.6 Å².